The number of carbonyl (C=O) groups is 1. The van der Waals surface area contributed by atoms with E-state index in [1.807, 2.05) is 6.07 Å². The smallest absolute Gasteiger partial charge is 0.190 e. The molecule has 0 saturated heterocycles. The van der Waals surface area contributed by atoms with Crippen LogP contribution < -0.4 is 0 Å². The number of aliphatic hydroxyl groups excluding tert-OH is 1. The highest BCUT2D eigenvalue weighted by atomic mass is 16.5. The van der Waals surface area contributed by atoms with Crippen molar-refractivity contribution in [3.8, 4) is 0 Å². The Bertz CT molecular complexity index is 565. The summed E-state index contributed by atoms with van der Waals surface area (Å²) in [4.78, 5) is 11.6. The van der Waals surface area contributed by atoms with Gasteiger partial charge >= 0.3 is 0 Å². The molecule has 0 saturated carbocycles. The summed E-state index contributed by atoms with van der Waals surface area (Å²) in [5.74, 6) is -2.41. The highest BCUT2D eigenvalue weighted by molar-refractivity contribution is 6.00. The molecule has 0 unspecified atom stereocenters. The van der Waals surface area contributed by atoms with Crippen molar-refractivity contribution < 1.29 is 20.1 Å². The summed E-state index contributed by atoms with van der Waals surface area (Å²) in [5, 5.41) is 28.4. The Labute approximate surface area is 110 Å². The third kappa shape index (κ3) is 3.40. The third-order valence-electron chi connectivity index (χ3n) is 2.76. The second-order valence-corrected chi connectivity index (χ2v) is 4.35. The third-order valence-corrected chi connectivity index (χ3v) is 2.76. The van der Waals surface area contributed by atoms with Crippen LogP contribution in [0.1, 0.15) is 12.0 Å². The lowest BCUT2D eigenvalue weighted by molar-refractivity contribution is -0.144. The molecule has 19 heavy (non-hydrogen) atoms. The molecule has 0 amide bonds. The molecule has 0 fully saturated rings. The van der Waals surface area contributed by atoms with Crippen LogP contribution >= 0.6 is 0 Å². The van der Waals surface area contributed by atoms with Gasteiger partial charge in [-0.3, -0.25) is 4.79 Å². The molecule has 98 valence electrons. The van der Waals surface area contributed by atoms with E-state index in [4.69, 9.17) is 0 Å². The predicted molar refractivity (Wildman–Crippen MR) is 71.1 cm³/mol. The average Bonchev–Trinajstić information content (AvgIpc) is 2.37. The van der Waals surface area contributed by atoms with Crippen LogP contribution in [0, 0.1) is 0 Å². The fourth-order valence-corrected chi connectivity index (χ4v) is 1.74. The normalized spacial score (nSPS) is 20.8. The Morgan fingerprint density at radius 1 is 1.21 bits per heavy atom. The van der Waals surface area contributed by atoms with Crippen LogP contribution in [0.2, 0.25) is 0 Å². The minimum atomic E-state index is -2.07. The van der Waals surface area contributed by atoms with Crippen LogP contribution in [-0.2, 0) is 4.79 Å². The Kier molecular flexibility index (Phi) is 3.64. The van der Waals surface area contributed by atoms with Crippen molar-refractivity contribution in [2.45, 2.75) is 12.2 Å². The van der Waals surface area contributed by atoms with E-state index in [0.717, 1.165) is 6.08 Å². The van der Waals surface area contributed by atoms with Crippen molar-refractivity contribution in [3.63, 3.8) is 0 Å². The molecule has 0 bridgehead atoms. The van der Waals surface area contributed by atoms with Gasteiger partial charge in [0.1, 0.15) is 5.76 Å². The second-order valence-electron chi connectivity index (χ2n) is 4.35. The SMILES string of the molecule is O=C1CC(O)(O)C=C/C1=C\C=C(/O)c1ccccc1. The minimum absolute atomic E-state index is 0.0409. The first-order chi connectivity index (χ1) is 8.98. The van der Waals surface area contributed by atoms with Crippen LogP contribution in [0.25, 0.3) is 5.76 Å². The largest absolute Gasteiger partial charge is 0.507 e. The molecule has 4 heteroatoms. The van der Waals surface area contributed by atoms with Gasteiger partial charge in [-0.25, -0.2) is 0 Å². The summed E-state index contributed by atoms with van der Waals surface area (Å²) < 4.78 is 0. The van der Waals surface area contributed by atoms with Crippen molar-refractivity contribution in [1.82, 2.24) is 0 Å². The van der Waals surface area contributed by atoms with Crippen molar-refractivity contribution in [2.75, 3.05) is 0 Å². The van der Waals surface area contributed by atoms with Gasteiger partial charge in [0.25, 0.3) is 0 Å². The number of ketones is 1. The lowest BCUT2D eigenvalue weighted by Gasteiger charge is -2.20. The van der Waals surface area contributed by atoms with Gasteiger partial charge in [0.05, 0.1) is 6.42 Å². The maximum absolute atomic E-state index is 11.6. The topological polar surface area (TPSA) is 77.8 Å². The molecular weight excluding hydrogens is 244 g/mol. The first-order valence-electron chi connectivity index (χ1n) is 5.81. The van der Waals surface area contributed by atoms with Crippen LogP contribution in [0.3, 0.4) is 0 Å². The number of rotatable bonds is 2. The summed E-state index contributed by atoms with van der Waals surface area (Å²) in [6.45, 7) is 0. The van der Waals surface area contributed by atoms with Gasteiger partial charge in [-0.15, -0.1) is 0 Å². The molecule has 0 spiro atoms. The van der Waals surface area contributed by atoms with Crippen molar-refractivity contribution >= 4 is 11.5 Å². The van der Waals surface area contributed by atoms with E-state index in [1.165, 1.54) is 18.2 Å². The van der Waals surface area contributed by atoms with Gasteiger partial charge in [-0.1, -0.05) is 36.4 Å². The van der Waals surface area contributed by atoms with Gasteiger partial charge in [0, 0.05) is 11.1 Å². The van der Waals surface area contributed by atoms with E-state index in [0.29, 0.717) is 11.1 Å². The molecule has 4 nitrogen and oxygen atoms in total. The molecule has 1 aliphatic carbocycles. The number of hydrogen-bond acceptors (Lipinski definition) is 4. The van der Waals surface area contributed by atoms with E-state index in [-0.39, 0.29) is 18.0 Å². The number of hydrogen-bond donors (Lipinski definition) is 3. The Morgan fingerprint density at radius 3 is 2.53 bits per heavy atom. The van der Waals surface area contributed by atoms with Crippen molar-refractivity contribution in [3.05, 3.63) is 65.8 Å². The molecule has 0 radical (unpaired) electrons. The lowest BCUT2D eigenvalue weighted by Crippen LogP contribution is -2.32. The monoisotopic (exact) mass is 258 g/mol. The maximum Gasteiger partial charge on any atom is 0.190 e. The number of carbonyl (C=O) groups excluding carboxylic acids is 1. The summed E-state index contributed by atoms with van der Waals surface area (Å²) in [7, 11) is 0. The molecule has 0 atom stereocenters. The molecule has 0 aliphatic heterocycles. The minimum Gasteiger partial charge on any atom is -0.507 e. The summed E-state index contributed by atoms with van der Waals surface area (Å²) in [6.07, 6.45) is 4.97. The van der Waals surface area contributed by atoms with E-state index in [2.05, 4.69) is 0 Å². The fraction of sp³-hybridized carbons (Fsp3) is 0.133. The zero-order valence-corrected chi connectivity index (χ0v) is 10.2. The zero-order valence-electron chi connectivity index (χ0n) is 10.2. The van der Waals surface area contributed by atoms with Crippen LogP contribution in [0.15, 0.2) is 60.2 Å². The molecule has 1 aromatic rings. The van der Waals surface area contributed by atoms with Gasteiger partial charge in [-0.2, -0.15) is 0 Å². The second kappa shape index (κ2) is 5.22. The van der Waals surface area contributed by atoms with E-state index < -0.39 is 5.79 Å². The first kappa shape index (κ1) is 13.3. The predicted octanol–water partition coefficient (Wildman–Crippen LogP) is 1.72. The maximum atomic E-state index is 11.6. The number of Topliss-reactive ketones (excluding diaryl/α,β-unsaturated/α-hetero) is 1. The highest BCUT2D eigenvalue weighted by Crippen LogP contribution is 2.20. The number of allylic oxidation sites excluding steroid dienone is 4. The standard InChI is InChI=1S/C15H14O4/c16-13(11-4-2-1-3-5-11)7-6-12-8-9-15(18,19)10-14(12)17/h1-9,16,18-19H,10H2/b12-6+,13-7-. The van der Waals surface area contributed by atoms with Gasteiger partial charge in [-0.05, 0) is 18.2 Å². The summed E-state index contributed by atoms with van der Waals surface area (Å²) >= 11 is 0. The Balaban J connectivity index is 2.22. The number of benzene rings is 1. The fourth-order valence-electron chi connectivity index (χ4n) is 1.74. The van der Waals surface area contributed by atoms with Gasteiger partial charge in [0.2, 0.25) is 0 Å². The van der Waals surface area contributed by atoms with Crippen LogP contribution in [0.5, 0.6) is 0 Å². The molecule has 1 aliphatic rings. The van der Waals surface area contributed by atoms with Crippen LogP contribution in [-0.4, -0.2) is 26.9 Å². The van der Waals surface area contributed by atoms with Gasteiger partial charge < -0.3 is 15.3 Å². The Morgan fingerprint density at radius 2 is 1.89 bits per heavy atom. The summed E-state index contributed by atoms with van der Waals surface area (Å²) in [6, 6.07) is 8.92. The average molecular weight is 258 g/mol. The first-order valence-corrected chi connectivity index (χ1v) is 5.81. The zero-order chi connectivity index (χ0) is 13.9. The lowest BCUT2D eigenvalue weighted by atomic mass is 9.95. The summed E-state index contributed by atoms with van der Waals surface area (Å²) in [5.41, 5.74) is 0.964. The Hall–Kier alpha value is -2.17. The molecule has 2 rings (SSSR count). The molecule has 0 heterocycles. The van der Waals surface area contributed by atoms with Gasteiger partial charge in [0.15, 0.2) is 11.6 Å². The molecule has 1 aromatic carbocycles. The highest BCUT2D eigenvalue weighted by Gasteiger charge is 2.28. The molecular formula is C15H14O4. The van der Waals surface area contributed by atoms with E-state index in [1.54, 1.807) is 24.3 Å². The number of aliphatic hydroxyl groups is 3. The van der Waals surface area contributed by atoms with Crippen molar-refractivity contribution in [1.29, 1.82) is 0 Å². The van der Waals surface area contributed by atoms with Crippen molar-refractivity contribution in [2.24, 2.45) is 0 Å². The molecule has 0 aromatic heterocycles. The quantitative estimate of drug-likeness (QED) is 0.429. The van der Waals surface area contributed by atoms with Crippen LogP contribution in [0.4, 0.5) is 0 Å². The molecule has 3 N–H and O–H groups in total. The van der Waals surface area contributed by atoms with E-state index >= 15 is 0 Å². The van der Waals surface area contributed by atoms with E-state index in [9.17, 15) is 20.1 Å².